The van der Waals surface area contributed by atoms with E-state index in [-0.39, 0.29) is 23.6 Å². The molecule has 22 heavy (non-hydrogen) atoms. The molecule has 2 aromatic carbocycles. The number of Topliss-reactive ketones (excluding diaryl/α,β-unsaturated/α-hetero) is 1. The second-order valence-corrected chi connectivity index (χ2v) is 5.78. The number of ketones is 1. The number of carbonyl (C=O) groups is 2. The number of carboxylic acids is 1. The van der Waals surface area contributed by atoms with Crippen LogP contribution in [-0.2, 0) is 11.2 Å². The minimum absolute atomic E-state index is 0.144. The van der Waals surface area contributed by atoms with Crippen molar-refractivity contribution in [2.24, 2.45) is 5.92 Å². The highest BCUT2D eigenvalue weighted by Gasteiger charge is 2.17. The van der Waals surface area contributed by atoms with Crippen LogP contribution < -0.4 is 5.11 Å². The fraction of sp³-hybridized carbons (Fsp3) is 0.176. The normalized spacial score (nSPS) is 11.9. The zero-order chi connectivity index (χ0) is 16.1. The van der Waals surface area contributed by atoms with Crippen LogP contribution in [-0.4, -0.2) is 11.8 Å². The fourth-order valence-electron chi connectivity index (χ4n) is 2.15. The average Bonchev–Trinajstić information content (AvgIpc) is 2.50. The van der Waals surface area contributed by atoms with Gasteiger partial charge in [0.15, 0.2) is 5.78 Å². The molecule has 2 aromatic rings. The van der Waals surface area contributed by atoms with Gasteiger partial charge >= 0.3 is 0 Å². The maximum Gasteiger partial charge on any atom is 0.163 e. The van der Waals surface area contributed by atoms with Gasteiger partial charge in [0.2, 0.25) is 0 Å². The molecule has 0 N–H and O–H groups in total. The first-order valence-electron chi connectivity index (χ1n) is 6.70. The second kappa shape index (κ2) is 7.43. The summed E-state index contributed by atoms with van der Waals surface area (Å²) in [6.07, 6.45) is 0.103. The molecule has 0 aliphatic rings. The van der Waals surface area contributed by atoms with Crippen LogP contribution in [0.15, 0.2) is 48.5 Å². The van der Waals surface area contributed by atoms with Crippen molar-refractivity contribution in [1.29, 1.82) is 0 Å². The van der Waals surface area contributed by atoms with Gasteiger partial charge in [-0.25, -0.2) is 0 Å². The summed E-state index contributed by atoms with van der Waals surface area (Å²) in [5.74, 6) is -2.43. The summed E-state index contributed by atoms with van der Waals surface area (Å²) in [5, 5.41) is 11.9. The number of aliphatic carboxylic acids is 1. The summed E-state index contributed by atoms with van der Waals surface area (Å²) >= 11 is 11.7. The highest BCUT2D eigenvalue weighted by molar-refractivity contribution is 6.42. The van der Waals surface area contributed by atoms with Crippen LogP contribution in [0, 0.1) is 5.92 Å². The maximum atomic E-state index is 12.2. The Bertz CT molecular complexity index is 684. The lowest BCUT2D eigenvalue weighted by molar-refractivity contribution is -0.311. The summed E-state index contributed by atoms with van der Waals surface area (Å²) in [5.41, 5.74) is 1.19. The van der Waals surface area contributed by atoms with Gasteiger partial charge < -0.3 is 9.90 Å². The molecule has 5 heteroatoms. The van der Waals surface area contributed by atoms with Crippen molar-refractivity contribution in [3.05, 3.63) is 69.7 Å². The van der Waals surface area contributed by atoms with E-state index in [9.17, 15) is 14.7 Å². The van der Waals surface area contributed by atoms with Crippen molar-refractivity contribution >= 4 is 35.0 Å². The van der Waals surface area contributed by atoms with E-state index in [0.29, 0.717) is 10.6 Å². The maximum absolute atomic E-state index is 12.2. The molecule has 0 spiro atoms. The molecular formula is C17H13Cl2O3-. The molecule has 0 aromatic heterocycles. The average molecular weight is 336 g/mol. The predicted molar refractivity (Wildman–Crippen MR) is 84.1 cm³/mol. The van der Waals surface area contributed by atoms with Gasteiger partial charge in [0.25, 0.3) is 0 Å². The van der Waals surface area contributed by atoms with Crippen molar-refractivity contribution in [2.75, 3.05) is 0 Å². The van der Waals surface area contributed by atoms with Crippen LogP contribution in [0.2, 0.25) is 10.0 Å². The number of hydrogen-bond acceptors (Lipinski definition) is 3. The van der Waals surface area contributed by atoms with Gasteiger partial charge in [-0.1, -0.05) is 53.5 Å². The molecule has 2 rings (SSSR count). The number of rotatable bonds is 6. The van der Waals surface area contributed by atoms with Crippen LogP contribution in [0.5, 0.6) is 0 Å². The van der Waals surface area contributed by atoms with Crippen molar-refractivity contribution in [3.63, 3.8) is 0 Å². The third-order valence-electron chi connectivity index (χ3n) is 3.33. The molecule has 1 unspecified atom stereocenters. The SMILES string of the molecule is O=C(CC(Cc1ccccc1)C(=O)[O-])c1ccc(Cl)c(Cl)c1. The number of carbonyl (C=O) groups excluding carboxylic acids is 2. The standard InChI is InChI=1S/C17H14Cl2O3/c18-14-7-6-12(9-15(14)19)16(20)10-13(17(21)22)8-11-4-2-1-3-5-11/h1-7,9,13H,8,10H2,(H,21,22)/p-1. The first-order valence-corrected chi connectivity index (χ1v) is 7.46. The molecule has 0 heterocycles. The monoisotopic (exact) mass is 335 g/mol. The van der Waals surface area contributed by atoms with Gasteiger partial charge in [-0.05, 0) is 30.2 Å². The number of hydrogen-bond donors (Lipinski definition) is 0. The van der Waals surface area contributed by atoms with E-state index in [4.69, 9.17) is 23.2 Å². The van der Waals surface area contributed by atoms with E-state index < -0.39 is 11.9 Å². The second-order valence-electron chi connectivity index (χ2n) is 4.96. The van der Waals surface area contributed by atoms with Crippen LogP contribution in [0.1, 0.15) is 22.3 Å². The Labute approximate surface area is 138 Å². The minimum Gasteiger partial charge on any atom is -0.550 e. The number of halogens is 2. The first kappa shape index (κ1) is 16.5. The van der Waals surface area contributed by atoms with Crippen molar-refractivity contribution in [1.82, 2.24) is 0 Å². The number of carboxylic acid groups (broad SMARTS) is 1. The molecule has 0 saturated carbocycles. The highest BCUT2D eigenvalue weighted by Crippen LogP contribution is 2.24. The zero-order valence-electron chi connectivity index (χ0n) is 11.6. The number of benzene rings is 2. The first-order chi connectivity index (χ1) is 10.5. The van der Waals surface area contributed by atoms with Gasteiger partial charge in [0.05, 0.1) is 10.0 Å². The van der Waals surface area contributed by atoms with Crippen molar-refractivity contribution in [3.8, 4) is 0 Å². The summed E-state index contributed by atoms with van der Waals surface area (Å²) < 4.78 is 0. The molecule has 0 saturated heterocycles. The molecule has 1 atom stereocenters. The third kappa shape index (κ3) is 4.33. The van der Waals surface area contributed by atoms with E-state index in [2.05, 4.69) is 0 Å². The van der Waals surface area contributed by atoms with Gasteiger partial charge in [-0.15, -0.1) is 0 Å². The molecule has 0 fully saturated rings. The van der Waals surface area contributed by atoms with Gasteiger partial charge in [0.1, 0.15) is 0 Å². The molecule has 3 nitrogen and oxygen atoms in total. The molecular weight excluding hydrogens is 323 g/mol. The largest absolute Gasteiger partial charge is 0.550 e. The molecule has 0 aliphatic carbocycles. The summed E-state index contributed by atoms with van der Waals surface area (Å²) in [7, 11) is 0. The Kier molecular flexibility index (Phi) is 5.58. The van der Waals surface area contributed by atoms with Crippen LogP contribution >= 0.6 is 23.2 Å². The Morgan fingerprint density at radius 3 is 2.27 bits per heavy atom. The Morgan fingerprint density at radius 2 is 1.68 bits per heavy atom. The highest BCUT2D eigenvalue weighted by atomic mass is 35.5. The molecule has 0 radical (unpaired) electrons. The van der Waals surface area contributed by atoms with Crippen LogP contribution in [0.25, 0.3) is 0 Å². The van der Waals surface area contributed by atoms with E-state index in [0.717, 1.165) is 5.56 Å². The molecule has 0 amide bonds. The van der Waals surface area contributed by atoms with E-state index >= 15 is 0 Å². The van der Waals surface area contributed by atoms with Crippen LogP contribution in [0.4, 0.5) is 0 Å². The third-order valence-corrected chi connectivity index (χ3v) is 4.07. The van der Waals surface area contributed by atoms with E-state index in [1.165, 1.54) is 18.2 Å². The van der Waals surface area contributed by atoms with E-state index in [1.807, 2.05) is 30.3 Å². The topological polar surface area (TPSA) is 57.2 Å². The molecule has 0 bridgehead atoms. The van der Waals surface area contributed by atoms with Crippen LogP contribution in [0.3, 0.4) is 0 Å². The summed E-state index contributed by atoms with van der Waals surface area (Å²) in [6.45, 7) is 0. The van der Waals surface area contributed by atoms with Crippen molar-refractivity contribution < 1.29 is 14.7 Å². The Hall–Kier alpha value is -1.84. The fourth-order valence-corrected chi connectivity index (χ4v) is 2.45. The molecule has 114 valence electrons. The van der Waals surface area contributed by atoms with Crippen molar-refractivity contribution in [2.45, 2.75) is 12.8 Å². The molecule has 0 aliphatic heterocycles. The summed E-state index contributed by atoms with van der Waals surface area (Å²) in [4.78, 5) is 23.5. The Morgan fingerprint density at radius 1 is 1.00 bits per heavy atom. The van der Waals surface area contributed by atoms with Gasteiger partial charge in [-0.2, -0.15) is 0 Å². The minimum atomic E-state index is -1.24. The lowest BCUT2D eigenvalue weighted by Crippen LogP contribution is -2.34. The lowest BCUT2D eigenvalue weighted by Gasteiger charge is -2.17. The van der Waals surface area contributed by atoms with E-state index in [1.54, 1.807) is 0 Å². The quantitative estimate of drug-likeness (QED) is 0.762. The Balaban J connectivity index is 2.12. The lowest BCUT2D eigenvalue weighted by atomic mass is 9.92. The summed E-state index contributed by atoms with van der Waals surface area (Å²) in [6, 6.07) is 13.6. The predicted octanol–water partition coefficient (Wildman–Crippen LogP) is 3.18. The van der Waals surface area contributed by atoms with Gasteiger partial charge in [-0.3, -0.25) is 4.79 Å². The smallest absolute Gasteiger partial charge is 0.163 e. The zero-order valence-corrected chi connectivity index (χ0v) is 13.1. The van der Waals surface area contributed by atoms with Gasteiger partial charge in [0, 0.05) is 23.9 Å².